The molecule has 0 aliphatic carbocycles. The fourth-order valence-corrected chi connectivity index (χ4v) is 2.69. The Morgan fingerprint density at radius 1 is 1.32 bits per heavy atom. The molecule has 1 saturated heterocycles. The zero-order chi connectivity index (χ0) is 15.5. The van der Waals surface area contributed by atoms with Crippen LogP contribution in [-0.2, 0) is 0 Å². The molecule has 1 amide bonds. The number of aromatic nitrogens is 3. The van der Waals surface area contributed by atoms with Gasteiger partial charge in [-0.05, 0) is 57.0 Å². The Kier molecular flexibility index (Phi) is 4.20. The summed E-state index contributed by atoms with van der Waals surface area (Å²) >= 11 is 0. The standard InChI is InChI=1S/C16H21N5O/c1-11-3-4-12(2)14(9-11)18-16(22)15-10-21(20-19-15)13-5-7-17-8-6-13/h3-4,9-10,13,17H,5-8H2,1-2H3,(H,18,22). The molecule has 2 aromatic rings. The summed E-state index contributed by atoms with van der Waals surface area (Å²) in [6.07, 6.45) is 3.78. The van der Waals surface area contributed by atoms with Crippen LogP contribution in [0.3, 0.4) is 0 Å². The third-order valence-electron chi connectivity index (χ3n) is 4.07. The first kappa shape index (κ1) is 14.7. The first-order chi connectivity index (χ1) is 10.6. The number of hydrogen-bond donors (Lipinski definition) is 2. The number of carbonyl (C=O) groups is 1. The van der Waals surface area contributed by atoms with E-state index in [1.165, 1.54) is 0 Å². The summed E-state index contributed by atoms with van der Waals surface area (Å²) in [5.41, 5.74) is 3.32. The van der Waals surface area contributed by atoms with Crippen molar-refractivity contribution in [1.82, 2.24) is 20.3 Å². The van der Waals surface area contributed by atoms with Gasteiger partial charge >= 0.3 is 0 Å². The molecule has 1 aromatic heterocycles. The lowest BCUT2D eigenvalue weighted by Gasteiger charge is -2.22. The molecule has 1 aromatic carbocycles. The highest BCUT2D eigenvalue weighted by molar-refractivity contribution is 6.03. The maximum absolute atomic E-state index is 12.3. The first-order valence-electron chi connectivity index (χ1n) is 7.64. The predicted octanol–water partition coefficient (Wildman–Crippen LogP) is 2.07. The summed E-state index contributed by atoms with van der Waals surface area (Å²) in [6, 6.07) is 6.32. The summed E-state index contributed by atoms with van der Waals surface area (Å²) in [6.45, 7) is 5.94. The zero-order valence-electron chi connectivity index (χ0n) is 13.0. The van der Waals surface area contributed by atoms with Crippen molar-refractivity contribution in [2.75, 3.05) is 18.4 Å². The van der Waals surface area contributed by atoms with Gasteiger partial charge in [0.05, 0.1) is 12.2 Å². The van der Waals surface area contributed by atoms with Crippen LogP contribution in [0.2, 0.25) is 0 Å². The van der Waals surface area contributed by atoms with Crippen LogP contribution in [0.1, 0.15) is 40.5 Å². The SMILES string of the molecule is Cc1ccc(C)c(NC(=O)c2cn(C3CCNCC3)nn2)c1. The third-order valence-corrected chi connectivity index (χ3v) is 4.07. The highest BCUT2D eigenvalue weighted by Crippen LogP contribution is 2.19. The number of nitrogens with zero attached hydrogens (tertiary/aromatic N) is 3. The molecule has 0 bridgehead atoms. The van der Waals surface area contributed by atoms with Crippen molar-refractivity contribution in [3.63, 3.8) is 0 Å². The minimum absolute atomic E-state index is 0.214. The van der Waals surface area contributed by atoms with E-state index in [1.807, 2.05) is 36.7 Å². The van der Waals surface area contributed by atoms with Gasteiger partial charge in [0, 0.05) is 5.69 Å². The maximum Gasteiger partial charge on any atom is 0.277 e. The van der Waals surface area contributed by atoms with Gasteiger partial charge in [0.15, 0.2) is 5.69 Å². The third kappa shape index (κ3) is 3.17. The van der Waals surface area contributed by atoms with Gasteiger partial charge in [-0.1, -0.05) is 17.3 Å². The highest BCUT2D eigenvalue weighted by atomic mass is 16.2. The lowest BCUT2D eigenvalue weighted by atomic mass is 10.1. The Morgan fingerprint density at radius 2 is 2.09 bits per heavy atom. The molecule has 0 atom stereocenters. The second kappa shape index (κ2) is 6.27. The lowest BCUT2D eigenvalue weighted by Crippen LogP contribution is -2.29. The van der Waals surface area contributed by atoms with Gasteiger partial charge in [-0.2, -0.15) is 0 Å². The molecule has 1 aliphatic heterocycles. The number of piperidine rings is 1. The van der Waals surface area contributed by atoms with E-state index in [4.69, 9.17) is 0 Å². The van der Waals surface area contributed by atoms with Crippen molar-refractivity contribution in [2.24, 2.45) is 0 Å². The average molecular weight is 299 g/mol. The van der Waals surface area contributed by atoms with Crippen LogP contribution in [0.15, 0.2) is 24.4 Å². The van der Waals surface area contributed by atoms with Gasteiger partial charge in [-0.3, -0.25) is 4.79 Å². The average Bonchev–Trinajstić information content (AvgIpc) is 3.02. The Morgan fingerprint density at radius 3 is 2.86 bits per heavy atom. The smallest absolute Gasteiger partial charge is 0.277 e. The Bertz CT molecular complexity index is 673. The molecule has 22 heavy (non-hydrogen) atoms. The number of rotatable bonds is 3. The van der Waals surface area contributed by atoms with Crippen molar-refractivity contribution in [3.8, 4) is 0 Å². The highest BCUT2D eigenvalue weighted by Gasteiger charge is 2.19. The number of anilines is 1. The van der Waals surface area contributed by atoms with Gasteiger partial charge in [0.2, 0.25) is 0 Å². The summed E-state index contributed by atoms with van der Waals surface area (Å²) in [5, 5.41) is 14.4. The molecule has 0 saturated carbocycles. The van der Waals surface area contributed by atoms with Crippen LogP contribution in [0.5, 0.6) is 0 Å². The number of carbonyl (C=O) groups excluding carboxylic acids is 1. The van der Waals surface area contributed by atoms with Gasteiger partial charge in [-0.25, -0.2) is 4.68 Å². The fraction of sp³-hybridized carbons (Fsp3) is 0.438. The maximum atomic E-state index is 12.3. The molecule has 1 aliphatic rings. The van der Waals surface area contributed by atoms with Crippen LogP contribution >= 0.6 is 0 Å². The Balaban J connectivity index is 1.72. The summed E-state index contributed by atoms with van der Waals surface area (Å²) in [4.78, 5) is 12.3. The van der Waals surface area contributed by atoms with E-state index in [2.05, 4.69) is 20.9 Å². The number of hydrogen-bond acceptors (Lipinski definition) is 4. The number of benzene rings is 1. The van der Waals surface area contributed by atoms with Crippen molar-refractivity contribution in [1.29, 1.82) is 0 Å². The van der Waals surface area contributed by atoms with Gasteiger partial charge in [-0.15, -0.1) is 5.10 Å². The van der Waals surface area contributed by atoms with Gasteiger partial charge in [0.25, 0.3) is 5.91 Å². The number of amides is 1. The molecule has 0 radical (unpaired) electrons. The summed E-state index contributed by atoms with van der Waals surface area (Å²) < 4.78 is 1.82. The minimum atomic E-state index is -0.214. The van der Waals surface area contributed by atoms with Crippen molar-refractivity contribution in [3.05, 3.63) is 41.2 Å². The van der Waals surface area contributed by atoms with E-state index < -0.39 is 0 Å². The molecule has 3 rings (SSSR count). The van der Waals surface area contributed by atoms with Gasteiger partial charge < -0.3 is 10.6 Å². The molecule has 116 valence electrons. The van der Waals surface area contributed by atoms with Crippen LogP contribution in [-0.4, -0.2) is 34.0 Å². The van der Waals surface area contributed by atoms with E-state index in [0.29, 0.717) is 11.7 Å². The number of nitrogens with one attached hydrogen (secondary N) is 2. The molecule has 1 fully saturated rings. The van der Waals surface area contributed by atoms with Crippen molar-refractivity contribution < 1.29 is 4.79 Å². The Labute approximate surface area is 129 Å². The minimum Gasteiger partial charge on any atom is -0.320 e. The van der Waals surface area contributed by atoms with Crippen LogP contribution in [0.4, 0.5) is 5.69 Å². The van der Waals surface area contributed by atoms with E-state index in [9.17, 15) is 4.79 Å². The lowest BCUT2D eigenvalue weighted by molar-refractivity contribution is 0.102. The normalized spacial score (nSPS) is 15.7. The van der Waals surface area contributed by atoms with Crippen LogP contribution in [0.25, 0.3) is 0 Å². The van der Waals surface area contributed by atoms with E-state index in [-0.39, 0.29) is 5.91 Å². The quantitative estimate of drug-likeness (QED) is 0.910. The van der Waals surface area contributed by atoms with Crippen molar-refractivity contribution in [2.45, 2.75) is 32.7 Å². The van der Waals surface area contributed by atoms with E-state index >= 15 is 0 Å². The zero-order valence-corrected chi connectivity index (χ0v) is 13.0. The fourth-order valence-electron chi connectivity index (χ4n) is 2.69. The first-order valence-corrected chi connectivity index (χ1v) is 7.64. The summed E-state index contributed by atoms with van der Waals surface area (Å²) in [7, 11) is 0. The van der Waals surface area contributed by atoms with Crippen LogP contribution in [0, 0.1) is 13.8 Å². The second-order valence-corrected chi connectivity index (χ2v) is 5.84. The molecule has 2 N–H and O–H groups in total. The largest absolute Gasteiger partial charge is 0.320 e. The molecular weight excluding hydrogens is 278 g/mol. The molecule has 6 nitrogen and oxygen atoms in total. The number of aryl methyl sites for hydroxylation is 2. The summed E-state index contributed by atoms with van der Waals surface area (Å²) in [5.74, 6) is -0.214. The van der Waals surface area contributed by atoms with Crippen LogP contribution < -0.4 is 10.6 Å². The molecule has 6 heteroatoms. The monoisotopic (exact) mass is 299 g/mol. The molecule has 0 unspecified atom stereocenters. The predicted molar refractivity (Wildman–Crippen MR) is 85.0 cm³/mol. The van der Waals surface area contributed by atoms with Crippen molar-refractivity contribution >= 4 is 11.6 Å². The van der Waals surface area contributed by atoms with Gasteiger partial charge in [0.1, 0.15) is 0 Å². The topological polar surface area (TPSA) is 71.8 Å². The van der Waals surface area contributed by atoms with E-state index in [0.717, 1.165) is 42.7 Å². The molecular formula is C16H21N5O. The van der Waals surface area contributed by atoms with E-state index in [1.54, 1.807) is 6.20 Å². The second-order valence-electron chi connectivity index (χ2n) is 5.84. The Hall–Kier alpha value is -2.21. The molecule has 2 heterocycles. The molecule has 0 spiro atoms.